The monoisotopic (exact) mass is 289 g/mol. The maximum atomic E-state index is 9.96. The summed E-state index contributed by atoms with van der Waals surface area (Å²) < 4.78 is 5.83. The van der Waals surface area contributed by atoms with Crippen LogP contribution in [0.25, 0.3) is 0 Å². The van der Waals surface area contributed by atoms with Crippen LogP contribution in [-0.4, -0.2) is 41.8 Å². The molecule has 1 saturated carbocycles. The zero-order valence-electron chi connectivity index (χ0n) is 13.1. The first-order valence-corrected chi connectivity index (χ1v) is 8.43. The number of aromatic hydroxyl groups is 1. The molecule has 0 saturated heterocycles. The van der Waals surface area contributed by atoms with Crippen molar-refractivity contribution < 1.29 is 9.84 Å². The van der Waals surface area contributed by atoms with Crippen LogP contribution in [0.2, 0.25) is 0 Å². The molecule has 0 aliphatic heterocycles. The van der Waals surface area contributed by atoms with Crippen LogP contribution in [0.15, 0.2) is 18.2 Å². The molecule has 0 heterocycles. The van der Waals surface area contributed by atoms with E-state index in [4.69, 9.17) is 4.74 Å². The molecule has 2 aliphatic rings. The number of hydrogen-bond donors (Lipinski definition) is 1. The molecule has 116 valence electrons. The SMILES string of the molecule is CCCN(CCOC1CC1)C1CCc2c(O)cccc2C1. The fourth-order valence-corrected chi connectivity index (χ4v) is 3.42. The topological polar surface area (TPSA) is 32.7 Å². The molecule has 1 aromatic carbocycles. The number of phenols is 1. The maximum absolute atomic E-state index is 9.96. The molecule has 0 amide bonds. The van der Waals surface area contributed by atoms with Crippen LogP contribution < -0.4 is 0 Å². The minimum atomic E-state index is 0.477. The molecule has 1 N–H and O–H groups in total. The van der Waals surface area contributed by atoms with Gasteiger partial charge >= 0.3 is 0 Å². The molecule has 3 rings (SSSR count). The fourth-order valence-electron chi connectivity index (χ4n) is 3.42. The van der Waals surface area contributed by atoms with Gasteiger partial charge in [-0.2, -0.15) is 0 Å². The summed E-state index contributed by atoms with van der Waals surface area (Å²) in [4.78, 5) is 2.59. The Morgan fingerprint density at radius 3 is 2.86 bits per heavy atom. The van der Waals surface area contributed by atoms with Crippen molar-refractivity contribution in [3.63, 3.8) is 0 Å². The van der Waals surface area contributed by atoms with Crippen molar-refractivity contribution >= 4 is 0 Å². The van der Waals surface area contributed by atoms with Gasteiger partial charge in [-0.3, -0.25) is 4.90 Å². The number of benzene rings is 1. The Balaban J connectivity index is 1.60. The molecule has 1 fully saturated rings. The highest BCUT2D eigenvalue weighted by Crippen LogP contribution is 2.30. The zero-order chi connectivity index (χ0) is 14.7. The van der Waals surface area contributed by atoms with Gasteiger partial charge in [0.15, 0.2) is 0 Å². The molecular formula is C18H27NO2. The van der Waals surface area contributed by atoms with Crippen molar-refractivity contribution in [2.45, 2.75) is 57.6 Å². The van der Waals surface area contributed by atoms with E-state index < -0.39 is 0 Å². The quantitative estimate of drug-likeness (QED) is 0.837. The van der Waals surface area contributed by atoms with Crippen LogP contribution >= 0.6 is 0 Å². The number of nitrogens with zero attached hydrogens (tertiary/aromatic N) is 1. The highest BCUT2D eigenvalue weighted by Gasteiger charge is 2.26. The van der Waals surface area contributed by atoms with Gasteiger partial charge in [-0.25, -0.2) is 0 Å². The van der Waals surface area contributed by atoms with Gasteiger partial charge in [-0.1, -0.05) is 19.1 Å². The molecule has 1 aromatic rings. The molecule has 3 heteroatoms. The van der Waals surface area contributed by atoms with Crippen LogP contribution in [0, 0.1) is 0 Å². The van der Waals surface area contributed by atoms with Gasteiger partial charge in [0.2, 0.25) is 0 Å². The maximum Gasteiger partial charge on any atom is 0.119 e. The summed E-state index contributed by atoms with van der Waals surface area (Å²) in [6.45, 7) is 5.31. The lowest BCUT2D eigenvalue weighted by Crippen LogP contribution is -2.41. The molecule has 0 spiro atoms. The highest BCUT2D eigenvalue weighted by molar-refractivity contribution is 5.41. The van der Waals surface area contributed by atoms with Gasteiger partial charge in [-0.05, 0) is 62.3 Å². The summed E-state index contributed by atoms with van der Waals surface area (Å²) in [6.07, 6.45) is 7.45. The number of rotatable bonds is 7. The molecule has 0 radical (unpaired) electrons. The van der Waals surface area contributed by atoms with Gasteiger partial charge in [0.1, 0.15) is 5.75 Å². The van der Waals surface area contributed by atoms with Crippen LogP contribution in [0.4, 0.5) is 0 Å². The average molecular weight is 289 g/mol. The van der Waals surface area contributed by atoms with Crippen molar-refractivity contribution in [2.75, 3.05) is 19.7 Å². The van der Waals surface area contributed by atoms with E-state index in [-0.39, 0.29) is 0 Å². The Hall–Kier alpha value is -1.06. The molecule has 1 unspecified atom stereocenters. The third-order valence-corrected chi connectivity index (χ3v) is 4.72. The second-order valence-electron chi connectivity index (χ2n) is 6.42. The first kappa shape index (κ1) is 14.9. The minimum Gasteiger partial charge on any atom is -0.508 e. The van der Waals surface area contributed by atoms with E-state index in [1.807, 2.05) is 12.1 Å². The summed E-state index contributed by atoms with van der Waals surface area (Å²) >= 11 is 0. The zero-order valence-corrected chi connectivity index (χ0v) is 13.1. The van der Waals surface area contributed by atoms with E-state index in [9.17, 15) is 5.11 Å². The summed E-state index contributed by atoms with van der Waals surface area (Å²) in [5.41, 5.74) is 2.50. The van der Waals surface area contributed by atoms with E-state index in [0.717, 1.165) is 39.0 Å². The smallest absolute Gasteiger partial charge is 0.119 e. The molecular weight excluding hydrogens is 262 g/mol. The van der Waals surface area contributed by atoms with Crippen molar-refractivity contribution in [3.8, 4) is 5.75 Å². The lowest BCUT2D eigenvalue weighted by atomic mass is 9.87. The number of hydrogen-bond acceptors (Lipinski definition) is 3. The third-order valence-electron chi connectivity index (χ3n) is 4.72. The molecule has 3 nitrogen and oxygen atoms in total. The summed E-state index contributed by atoms with van der Waals surface area (Å²) in [7, 11) is 0. The van der Waals surface area contributed by atoms with Crippen molar-refractivity contribution in [3.05, 3.63) is 29.3 Å². The van der Waals surface area contributed by atoms with Gasteiger partial charge < -0.3 is 9.84 Å². The molecule has 21 heavy (non-hydrogen) atoms. The van der Waals surface area contributed by atoms with E-state index in [0.29, 0.717) is 17.9 Å². The lowest BCUT2D eigenvalue weighted by Gasteiger charge is -2.35. The van der Waals surface area contributed by atoms with Crippen molar-refractivity contribution in [1.29, 1.82) is 0 Å². The number of fused-ring (bicyclic) bond motifs is 1. The first-order valence-electron chi connectivity index (χ1n) is 8.43. The van der Waals surface area contributed by atoms with Gasteiger partial charge in [-0.15, -0.1) is 0 Å². The van der Waals surface area contributed by atoms with Crippen LogP contribution in [0.5, 0.6) is 5.75 Å². The van der Waals surface area contributed by atoms with E-state index in [2.05, 4.69) is 17.9 Å². The van der Waals surface area contributed by atoms with E-state index in [1.165, 1.54) is 30.4 Å². The normalized spacial score (nSPS) is 21.5. The van der Waals surface area contributed by atoms with Gasteiger partial charge in [0, 0.05) is 12.6 Å². The molecule has 0 bridgehead atoms. The lowest BCUT2D eigenvalue weighted by molar-refractivity contribution is 0.0731. The summed E-state index contributed by atoms with van der Waals surface area (Å²) in [5, 5.41) is 9.96. The summed E-state index contributed by atoms with van der Waals surface area (Å²) in [5.74, 6) is 0.477. The van der Waals surface area contributed by atoms with Crippen molar-refractivity contribution in [1.82, 2.24) is 4.90 Å². The second kappa shape index (κ2) is 6.80. The summed E-state index contributed by atoms with van der Waals surface area (Å²) in [6, 6.07) is 6.55. The van der Waals surface area contributed by atoms with Gasteiger partial charge in [0.25, 0.3) is 0 Å². The largest absolute Gasteiger partial charge is 0.508 e. The van der Waals surface area contributed by atoms with E-state index in [1.54, 1.807) is 0 Å². The van der Waals surface area contributed by atoms with Crippen LogP contribution in [0.3, 0.4) is 0 Å². The number of phenolic OH excluding ortho intramolecular Hbond substituents is 1. The number of ether oxygens (including phenoxy) is 1. The van der Waals surface area contributed by atoms with E-state index >= 15 is 0 Å². The predicted octanol–water partition coefficient (Wildman–Crippen LogP) is 3.14. The Morgan fingerprint density at radius 2 is 2.10 bits per heavy atom. The first-order chi connectivity index (χ1) is 10.3. The van der Waals surface area contributed by atoms with Crippen molar-refractivity contribution in [2.24, 2.45) is 0 Å². The Kier molecular flexibility index (Phi) is 4.81. The Labute approximate surface area is 127 Å². The standard InChI is InChI=1S/C18H27NO2/c1-2-10-19(11-12-21-16-7-8-16)15-6-9-17-14(13-15)4-3-5-18(17)20/h3-5,15-16,20H,2,6-13H2,1H3. The molecule has 1 atom stereocenters. The Morgan fingerprint density at radius 1 is 1.24 bits per heavy atom. The fraction of sp³-hybridized carbons (Fsp3) is 0.667. The van der Waals surface area contributed by atoms with Crippen LogP contribution in [-0.2, 0) is 17.6 Å². The Bertz CT molecular complexity index is 470. The third kappa shape index (κ3) is 3.78. The average Bonchev–Trinajstić information content (AvgIpc) is 3.30. The van der Waals surface area contributed by atoms with Gasteiger partial charge in [0.05, 0.1) is 12.7 Å². The second-order valence-corrected chi connectivity index (χ2v) is 6.42. The molecule has 0 aromatic heterocycles. The highest BCUT2D eigenvalue weighted by atomic mass is 16.5. The minimum absolute atomic E-state index is 0.477. The van der Waals surface area contributed by atoms with Crippen LogP contribution in [0.1, 0.15) is 43.7 Å². The molecule has 2 aliphatic carbocycles. The predicted molar refractivity (Wildman–Crippen MR) is 84.8 cm³/mol.